The average molecular weight is 268 g/mol. The fourth-order valence-electron chi connectivity index (χ4n) is 1.83. The smallest absolute Gasteiger partial charge is 0.304 e. The van der Waals surface area contributed by atoms with Crippen molar-refractivity contribution in [2.45, 2.75) is 32.9 Å². The molecule has 2 N–H and O–H groups in total. The summed E-state index contributed by atoms with van der Waals surface area (Å²) in [5.41, 5.74) is 0.337. The van der Waals surface area contributed by atoms with Crippen LogP contribution in [0.2, 0.25) is 0 Å². The molecule has 6 nitrogen and oxygen atoms in total. The van der Waals surface area contributed by atoms with Gasteiger partial charge in [0.15, 0.2) is 5.75 Å². The Bertz CT molecular complexity index is 508. The largest absolute Gasteiger partial charge is 0.503 e. The Kier molecular flexibility index (Phi) is 5.11. The van der Waals surface area contributed by atoms with Crippen molar-refractivity contribution in [2.75, 3.05) is 13.6 Å². The van der Waals surface area contributed by atoms with Crippen molar-refractivity contribution in [1.82, 2.24) is 9.47 Å². The van der Waals surface area contributed by atoms with Gasteiger partial charge in [-0.2, -0.15) is 0 Å². The number of nitrogens with zero attached hydrogens (tertiary/aromatic N) is 2. The summed E-state index contributed by atoms with van der Waals surface area (Å²) >= 11 is 0. The first-order valence-corrected chi connectivity index (χ1v) is 6.15. The molecule has 0 aromatic carbocycles. The molecule has 0 saturated carbocycles. The number of rotatable bonds is 6. The van der Waals surface area contributed by atoms with Crippen LogP contribution in [-0.4, -0.2) is 39.2 Å². The van der Waals surface area contributed by atoms with E-state index in [-0.39, 0.29) is 18.2 Å². The van der Waals surface area contributed by atoms with E-state index in [9.17, 15) is 14.7 Å². The van der Waals surface area contributed by atoms with Crippen LogP contribution in [0.3, 0.4) is 0 Å². The number of hydrogen-bond donors (Lipinski definition) is 2. The maximum absolute atomic E-state index is 11.5. The Morgan fingerprint density at radius 1 is 1.47 bits per heavy atom. The van der Waals surface area contributed by atoms with Crippen molar-refractivity contribution in [2.24, 2.45) is 0 Å². The van der Waals surface area contributed by atoms with E-state index in [0.29, 0.717) is 13.1 Å². The molecular formula is C13H20N2O4. The number of carbonyl (C=O) groups is 1. The molecule has 0 aliphatic heterocycles. The third-order valence-corrected chi connectivity index (χ3v) is 2.84. The van der Waals surface area contributed by atoms with Gasteiger partial charge in [-0.05, 0) is 20.9 Å². The van der Waals surface area contributed by atoms with Crippen LogP contribution in [0.4, 0.5) is 0 Å². The van der Waals surface area contributed by atoms with Gasteiger partial charge in [0.1, 0.15) is 0 Å². The van der Waals surface area contributed by atoms with Gasteiger partial charge in [0.05, 0.1) is 12.6 Å². The lowest BCUT2D eigenvalue weighted by atomic mass is 10.2. The number of pyridine rings is 1. The number of aromatic hydroxyl groups is 1. The fraction of sp³-hybridized carbons (Fsp3) is 0.538. The van der Waals surface area contributed by atoms with Gasteiger partial charge in [0, 0.05) is 30.9 Å². The predicted molar refractivity (Wildman–Crippen MR) is 71.3 cm³/mol. The Labute approximate surface area is 111 Å². The highest BCUT2D eigenvalue weighted by Crippen LogP contribution is 2.13. The molecule has 0 fully saturated rings. The van der Waals surface area contributed by atoms with Crippen molar-refractivity contribution in [3.05, 3.63) is 28.2 Å². The van der Waals surface area contributed by atoms with Crippen LogP contribution in [0.5, 0.6) is 5.75 Å². The Morgan fingerprint density at radius 2 is 2.11 bits per heavy atom. The number of carboxylic acids is 1. The summed E-state index contributed by atoms with van der Waals surface area (Å²) in [5, 5.41) is 18.1. The molecule has 1 aromatic rings. The number of aromatic nitrogens is 1. The van der Waals surface area contributed by atoms with Gasteiger partial charge < -0.3 is 19.7 Å². The molecule has 0 radical (unpaired) electrons. The highest BCUT2D eigenvalue weighted by molar-refractivity contribution is 5.66. The molecule has 0 atom stereocenters. The molecule has 19 heavy (non-hydrogen) atoms. The third kappa shape index (κ3) is 4.40. The fourth-order valence-corrected chi connectivity index (χ4v) is 1.83. The third-order valence-electron chi connectivity index (χ3n) is 2.84. The van der Waals surface area contributed by atoms with Gasteiger partial charge >= 0.3 is 5.97 Å². The Balaban J connectivity index is 2.90. The van der Waals surface area contributed by atoms with E-state index in [1.807, 2.05) is 23.3 Å². The normalized spacial score (nSPS) is 11.2. The maximum atomic E-state index is 11.5. The zero-order chi connectivity index (χ0) is 14.6. The lowest BCUT2D eigenvalue weighted by Crippen LogP contribution is -2.25. The first-order chi connectivity index (χ1) is 8.81. The van der Waals surface area contributed by atoms with E-state index in [1.165, 1.54) is 12.3 Å². The van der Waals surface area contributed by atoms with Crippen LogP contribution in [0.15, 0.2) is 17.1 Å². The second kappa shape index (κ2) is 6.38. The maximum Gasteiger partial charge on any atom is 0.304 e. The molecular weight excluding hydrogens is 248 g/mol. The summed E-state index contributed by atoms with van der Waals surface area (Å²) in [6.45, 7) is 4.76. The monoisotopic (exact) mass is 268 g/mol. The minimum atomic E-state index is -0.848. The highest BCUT2D eigenvalue weighted by atomic mass is 16.4. The van der Waals surface area contributed by atoms with Crippen LogP contribution in [0.25, 0.3) is 0 Å². The molecule has 0 aliphatic rings. The Hall–Kier alpha value is -1.82. The zero-order valence-electron chi connectivity index (χ0n) is 11.5. The van der Waals surface area contributed by atoms with E-state index in [4.69, 9.17) is 5.11 Å². The van der Waals surface area contributed by atoms with Gasteiger partial charge in [-0.25, -0.2) is 0 Å². The van der Waals surface area contributed by atoms with Crippen LogP contribution >= 0.6 is 0 Å². The lowest BCUT2D eigenvalue weighted by molar-refractivity contribution is -0.137. The molecule has 0 spiro atoms. The van der Waals surface area contributed by atoms with E-state index in [0.717, 1.165) is 5.69 Å². The van der Waals surface area contributed by atoms with Gasteiger partial charge in [-0.3, -0.25) is 9.59 Å². The molecule has 106 valence electrons. The summed E-state index contributed by atoms with van der Waals surface area (Å²) in [5.74, 6) is -1.12. The van der Waals surface area contributed by atoms with Gasteiger partial charge in [0.25, 0.3) is 0 Å². The van der Waals surface area contributed by atoms with E-state index >= 15 is 0 Å². The first-order valence-electron chi connectivity index (χ1n) is 6.15. The molecule has 0 unspecified atom stereocenters. The first kappa shape index (κ1) is 15.2. The summed E-state index contributed by atoms with van der Waals surface area (Å²) in [6.07, 6.45) is 1.48. The van der Waals surface area contributed by atoms with E-state index in [1.54, 1.807) is 7.05 Å². The van der Waals surface area contributed by atoms with Crippen LogP contribution in [0.1, 0.15) is 32.0 Å². The summed E-state index contributed by atoms with van der Waals surface area (Å²) in [4.78, 5) is 23.8. The number of hydrogen-bond acceptors (Lipinski definition) is 4. The molecule has 0 saturated heterocycles. The summed E-state index contributed by atoms with van der Waals surface area (Å²) < 4.78 is 1.81. The van der Waals surface area contributed by atoms with Gasteiger partial charge in [0.2, 0.25) is 5.43 Å². The minimum absolute atomic E-state index is 0.0560. The van der Waals surface area contributed by atoms with Crippen LogP contribution in [0, 0.1) is 0 Å². The zero-order valence-corrected chi connectivity index (χ0v) is 11.5. The highest BCUT2D eigenvalue weighted by Gasteiger charge is 2.11. The quantitative estimate of drug-likeness (QED) is 0.805. The van der Waals surface area contributed by atoms with Crippen molar-refractivity contribution < 1.29 is 15.0 Å². The van der Waals surface area contributed by atoms with Crippen molar-refractivity contribution in [3.63, 3.8) is 0 Å². The molecule has 1 heterocycles. The molecule has 1 rings (SSSR count). The predicted octanol–water partition coefficient (Wildman–Crippen LogP) is 1.04. The molecule has 1 aromatic heterocycles. The second-order valence-corrected chi connectivity index (χ2v) is 4.90. The molecule has 0 amide bonds. The standard InChI is InChI=1S/C13H20N2O4/c1-9(2)15-8-12(17)11(16)6-10(15)7-14(3)5-4-13(18)19/h6,8-9,17H,4-5,7H2,1-3H3,(H,18,19). The molecule has 0 aliphatic carbocycles. The van der Waals surface area contributed by atoms with Crippen molar-refractivity contribution >= 4 is 5.97 Å². The summed E-state index contributed by atoms with van der Waals surface area (Å²) in [6, 6.07) is 1.50. The SMILES string of the molecule is CC(C)n1cc(O)c(=O)cc1CN(C)CCC(=O)O. The molecule has 0 bridgehead atoms. The average Bonchev–Trinajstić information content (AvgIpc) is 2.30. The van der Waals surface area contributed by atoms with Crippen molar-refractivity contribution in [1.29, 1.82) is 0 Å². The van der Waals surface area contributed by atoms with Crippen LogP contribution in [-0.2, 0) is 11.3 Å². The number of aliphatic carboxylic acids is 1. The van der Waals surface area contributed by atoms with Crippen LogP contribution < -0.4 is 5.43 Å². The van der Waals surface area contributed by atoms with Crippen molar-refractivity contribution in [3.8, 4) is 5.75 Å². The minimum Gasteiger partial charge on any atom is -0.503 e. The lowest BCUT2D eigenvalue weighted by Gasteiger charge is -2.22. The summed E-state index contributed by atoms with van der Waals surface area (Å²) in [7, 11) is 1.80. The Morgan fingerprint density at radius 3 is 2.63 bits per heavy atom. The topological polar surface area (TPSA) is 82.8 Å². The van der Waals surface area contributed by atoms with Gasteiger partial charge in [-0.15, -0.1) is 0 Å². The second-order valence-electron chi connectivity index (χ2n) is 4.90. The molecule has 6 heteroatoms. The van der Waals surface area contributed by atoms with E-state index < -0.39 is 11.4 Å². The number of carboxylic acid groups (broad SMARTS) is 1. The van der Waals surface area contributed by atoms with E-state index in [2.05, 4.69) is 0 Å². The van der Waals surface area contributed by atoms with Gasteiger partial charge in [-0.1, -0.05) is 0 Å².